The molecule has 3 fully saturated rings. The number of hydrogen-bond acceptors (Lipinski definition) is 4. The van der Waals surface area contributed by atoms with Crippen molar-refractivity contribution in [2.24, 2.45) is 17.8 Å². The Bertz CT molecular complexity index is 1340. The van der Waals surface area contributed by atoms with Gasteiger partial charge in [-0.05, 0) is 43.6 Å². The van der Waals surface area contributed by atoms with Crippen LogP contribution in [0.1, 0.15) is 31.7 Å². The lowest BCUT2D eigenvalue weighted by Crippen LogP contribution is -2.44. The number of hydrogen-bond donors (Lipinski definition) is 2. The van der Waals surface area contributed by atoms with E-state index in [0.717, 1.165) is 31.9 Å². The maximum Gasteiger partial charge on any atom is 0.308 e. The third-order valence-electron chi connectivity index (χ3n) is 7.04. The first-order chi connectivity index (χ1) is 15.0. The van der Waals surface area contributed by atoms with Crippen LogP contribution < -0.4 is 0 Å². The summed E-state index contributed by atoms with van der Waals surface area (Å²) in [5, 5.41) is 11.8. The van der Waals surface area contributed by atoms with Crippen molar-refractivity contribution in [2.75, 3.05) is 0 Å². The zero-order chi connectivity index (χ0) is 21.3. The van der Waals surface area contributed by atoms with Crippen molar-refractivity contribution in [1.82, 2.24) is 24.5 Å². The Morgan fingerprint density at radius 2 is 1.94 bits per heavy atom. The largest absolute Gasteiger partial charge is 0.481 e. The minimum Gasteiger partial charge on any atom is -0.481 e. The summed E-state index contributed by atoms with van der Waals surface area (Å²) < 4.78 is 15.7. The van der Waals surface area contributed by atoms with Gasteiger partial charge in [0.2, 0.25) is 0 Å². The first-order valence-electron chi connectivity index (χ1n) is 10.4. The van der Waals surface area contributed by atoms with Crippen LogP contribution in [0.5, 0.6) is 0 Å². The monoisotopic (exact) mass is 439 g/mol. The van der Waals surface area contributed by atoms with Crippen LogP contribution >= 0.6 is 11.6 Å². The molecule has 0 saturated heterocycles. The molecule has 2 bridgehead atoms. The second kappa shape index (κ2) is 6.75. The fourth-order valence-electron chi connectivity index (χ4n) is 5.68. The number of aliphatic carboxylic acids is 1. The number of nitrogens with zero attached hydrogens (tertiary/aromatic N) is 4. The van der Waals surface area contributed by atoms with E-state index in [1.54, 1.807) is 18.6 Å². The molecular weight excluding hydrogens is 421 g/mol. The molecule has 2 atom stereocenters. The van der Waals surface area contributed by atoms with Crippen molar-refractivity contribution >= 4 is 39.6 Å². The zero-order valence-corrected chi connectivity index (χ0v) is 17.2. The van der Waals surface area contributed by atoms with E-state index < -0.39 is 17.7 Å². The van der Waals surface area contributed by atoms with E-state index in [1.165, 1.54) is 6.07 Å². The van der Waals surface area contributed by atoms with Crippen LogP contribution in [0.3, 0.4) is 0 Å². The highest BCUT2D eigenvalue weighted by Crippen LogP contribution is 2.52. The number of carboxylic acid groups (broad SMARTS) is 1. The summed E-state index contributed by atoms with van der Waals surface area (Å²) in [7, 11) is 0. The van der Waals surface area contributed by atoms with Gasteiger partial charge in [0, 0.05) is 29.5 Å². The van der Waals surface area contributed by atoms with Crippen LogP contribution in [0, 0.1) is 23.6 Å². The summed E-state index contributed by atoms with van der Waals surface area (Å²) in [4.78, 5) is 28.5. The average molecular weight is 440 g/mol. The molecule has 2 N–H and O–H groups in total. The van der Waals surface area contributed by atoms with Crippen molar-refractivity contribution < 1.29 is 14.3 Å². The molecule has 0 spiro atoms. The van der Waals surface area contributed by atoms with E-state index in [2.05, 4.69) is 15.0 Å². The van der Waals surface area contributed by atoms with Crippen LogP contribution in [0.15, 0.2) is 30.9 Å². The van der Waals surface area contributed by atoms with E-state index in [0.29, 0.717) is 38.5 Å². The van der Waals surface area contributed by atoms with E-state index in [4.69, 9.17) is 16.6 Å². The molecule has 7 rings (SSSR count). The number of aromatic amines is 1. The molecular formula is C22H19ClFN5O2. The van der Waals surface area contributed by atoms with E-state index in [9.17, 15) is 14.3 Å². The summed E-state index contributed by atoms with van der Waals surface area (Å²) in [6.45, 7) is 0. The number of nitrogens with one attached hydrogen (secondary N) is 1. The number of carbonyl (C=O) groups is 1. The van der Waals surface area contributed by atoms with Crippen LogP contribution in [-0.4, -0.2) is 35.6 Å². The second-order valence-corrected chi connectivity index (χ2v) is 9.00. The quantitative estimate of drug-likeness (QED) is 0.476. The third kappa shape index (κ3) is 2.77. The molecule has 4 heterocycles. The predicted molar refractivity (Wildman–Crippen MR) is 113 cm³/mol. The van der Waals surface area contributed by atoms with E-state index >= 15 is 0 Å². The van der Waals surface area contributed by atoms with E-state index in [1.807, 2.05) is 4.57 Å². The average Bonchev–Trinajstić information content (AvgIpc) is 3.34. The second-order valence-electron chi connectivity index (χ2n) is 8.60. The SMILES string of the molecule is O=C(O)[C@H]1C2CCC(CC2)[C@@H]1n1cc(Cl)c2cnc(-c3c[nH]c4ncc(F)cc34)nc21. The molecule has 0 aliphatic heterocycles. The molecule has 0 radical (unpaired) electrons. The first kappa shape index (κ1) is 18.7. The molecule has 0 aromatic carbocycles. The molecule has 3 aliphatic rings. The van der Waals surface area contributed by atoms with Gasteiger partial charge >= 0.3 is 5.97 Å². The Kier molecular flexibility index (Phi) is 4.08. The van der Waals surface area contributed by atoms with Gasteiger partial charge in [0.05, 0.1) is 28.6 Å². The van der Waals surface area contributed by atoms with Crippen molar-refractivity contribution in [2.45, 2.75) is 31.7 Å². The zero-order valence-electron chi connectivity index (χ0n) is 16.4. The number of halogens is 2. The van der Waals surface area contributed by atoms with Gasteiger partial charge < -0.3 is 14.7 Å². The topological polar surface area (TPSA) is 96.7 Å². The lowest BCUT2D eigenvalue weighted by Gasteiger charge is -2.47. The van der Waals surface area contributed by atoms with Gasteiger partial charge in [0.1, 0.15) is 17.1 Å². The maximum atomic E-state index is 13.8. The molecule has 0 amide bonds. The number of aromatic nitrogens is 5. The molecule has 31 heavy (non-hydrogen) atoms. The Morgan fingerprint density at radius 3 is 2.71 bits per heavy atom. The number of carboxylic acids is 1. The van der Waals surface area contributed by atoms with Crippen molar-refractivity contribution in [3.05, 3.63) is 41.7 Å². The molecule has 3 saturated carbocycles. The predicted octanol–water partition coefficient (Wildman–Crippen LogP) is 4.83. The first-order valence-corrected chi connectivity index (χ1v) is 10.8. The molecule has 0 unspecified atom stereocenters. The van der Waals surface area contributed by atoms with Crippen LogP contribution in [0.2, 0.25) is 5.02 Å². The van der Waals surface area contributed by atoms with Crippen molar-refractivity contribution in [1.29, 1.82) is 0 Å². The van der Waals surface area contributed by atoms with Crippen LogP contribution in [0.25, 0.3) is 33.5 Å². The van der Waals surface area contributed by atoms with Gasteiger partial charge in [-0.2, -0.15) is 0 Å². The van der Waals surface area contributed by atoms with Gasteiger partial charge in [-0.3, -0.25) is 4.79 Å². The van der Waals surface area contributed by atoms with Crippen molar-refractivity contribution in [3.63, 3.8) is 0 Å². The summed E-state index contributed by atoms with van der Waals surface area (Å²) >= 11 is 6.51. The standard InChI is InChI=1S/C22H19ClFN5O2/c23-16-9-29(18-11-3-1-10(2-4-11)17(18)22(30)31)21-15(16)8-27-20(28-21)14-7-26-19-13(14)5-12(24)6-25-19/h5-11,17-18H,1-4H2,(H,25,26)(H,30,31)/t10?,11?,17-,18-/m0/s1. The molecule has 4 aromatic rings. The smallest absolute Gasteiger partial charge is 0.308 e. The highest BCUT2D eigenvalue weighted by molar-refractivity contribution is 6.35. The molecule has 158 valence electrons. The fraction of sp³-hybridized carbons (Fsp3) is 0.364. The third-order valence-corrected chi connectivity index (χ3v) is 7.34. The van der Waals surface area contributed by atoms with Gasteiger partial charge in [-0.25, -0.2) is 19.3 Å². The van der Waals surface area contributed by atoms with Gasteiger partial charge in [0.15, 0.2) is 5.82 Å². The Hall–Kier alpha value is -3.00. The van der Waals surface area contributed by atoms with Gasteiger partial charge in [-0.15, -0.1) is 0 Å². The normalized spacial score (nSPS) is 25.5. The van der Waals surface area contributed by atoms with Crippen molar-refractivity contribution in [3.8, 4) is 11.4 Å². The fourth-order valence-corrected chi connectivity index (χ4v) is 5.91. The van der Waals surface area contributed by atoms with Crippen LogP contribution in [-0.2, 0) is 4.79 Å². The number of pyridine rings is 1. The molecule has 4 aromatic heterocycles. The molecule has 9 heteroatoms. The Balaban J connectivity index is 1.53. The highest BCUT2D eigenvalue weighted by atomic mass is 35.5. The van der Waals surface area contributed by atoms with Gasteiger partial charge in [0.25, 0.3) is 0 Å². The Labute approximate surface area is 181 Å². The number of H-pyrrole nitrogens is 1. The van der Waals surface area contributed by atoms with Gasteiger partial charge in [-0.1, -0.05) is 11.6 Å². The number of fused-ring (bicyclic) bond motifs is 5. The maximum absolute atomic E-state index is 13.8. The minimum absolute atomic E-state index is 0.174. The summed E-state index contributed by atoms with van der Waals surface area (Å²) in [6, 6.07) is 1.21. The van der Waals surface area contributed by atoms with E-state index in [-0.39, 0.29) is 17.9 Å². The minimum atomic E-state index is -0.759. The number of rotatable bonds is 3. The summed E-state index contributed by atoms with van der Waals surface area (Å²) in [5.74, 6) is -0.789. The highest BCUT2D eigenvalue weighted by Gasteiger charge is 2.48. The molecule has 7 nitrogen and oxygen atoms in total. The summed E-state index contributed by atoms with van der Waals surface area (Å²) in [6.07, 6.45) is 10.3. The summed E-state index contributed by atoms with van der Waals surface area (Å²) in [5.41, 5.74) is 1.79. The Morgan fingerprint density at radius 1 is 1.16 bits per heavy atom. The molecule has 3 aliphatic carbocycles. The lowest BCUT2D eigenvalue weighted by molar-refractivity contribution is -0.151. The lowest BCUT2D eigenvalue weighted by atomic mass is 9.61. The van der Waals surface area contributed by atoms with Crippen LogP contribution in [0.4, 0.5) is 4.39 Å².